The summed E-state index contributed by atoms with van der Waals surface area (Å²) < 4.78 is 7.14. The van der Waals surface area contributed by atoms with Gasteiger partial charge in [0.2, 0.25) is 0 Å². The van der Waals surface area contributed by atoms with E-state index in [4.69, 9.17) is 16.0 Å². The molecule has 0 aliphatic carbocycles. The molecular formula is C42H52ClNO4Si. The van der Waals surface area contributed by atoms with E-state index in [1.54, 1.807) is 0 Å². The van der Waals surface area contributed by atoms with Gasteiger partial charge >= 0.3 is 6.09 Å². The Hall–Kier alpha value is -3.42. The number of aryl methyl sites for hydroxylation is 1. The van der Waals surface area contributed by atoms with E-state index in [-0.39, 0.29) is 11.0 Å². The van der Waals surface area contributed by atoms with E-state index in [0.29, 0.717) is 37.6 Å². The molecule has 4 aromatic carbocycles. The van der Waals surface area contributed by atoms with Gasteiger partial charge < -0.3 is 19.5 Å². The second-order valence-electron chi connectivity index (χ2n) is 14.5. The molecule has 0 aromatic heterocycles. The van der Waals surface area contributed by atoms with Crippen LogP contribution in [0.4, 0.5) is 4.79 Å². The summed E-state index contributed by atoms with van der Waals surface area (Å²) in [6, 6.07) is 35.5. The molecule has 260 valence electrons. The van der Waals surface area contributed by atoms with Crippen LogP contribution in [0.1, 0.15) is 77.3 Å². The topological polar surface area (TPSA) is 70.0 Å². The normalized spacial score (nSPS) is 16.7. The van der Waals surface area contributed by atoms with Crippen LogP contribution < -0.4 is 10.4 Å². The zero-order valence-electron chi connectivity index (χ0n) is 29.5. The summed E-state index contributed by atoms with van der Waals surface area (Å²) in [7, 11) is -2.63. The average Bonchev–Trinajstić information content (AvgIpc) is 3.11. The van der Waals surface area contributed by atoms with Crippen molar-refractivity contribution in [2.24, 2.45) is 5.92 Å². The van der Waals surface area contributed by atoms with Crippen molar-refractivity contribution < 1.29 is 19.4 Å². The molecule has 2 N–H and O–H groups in total. The first-order valence-corrected chi connectivity index (χ1v) is 20.1. The quantitative estimate of drug-likeness (QED) is 0.108. The monoisotopic (exact) mass is 697 g/mol. The minimum atomic E-state index is -2.63. The smallest absolute Gasteiger partial charge is 0.407 e. The maximum Gasteiger partial charge on any atom is 0.407 e. The molecule has 1 amide bonds. The highest BCUT2D eigenvalue weighted by molar-refractivity contribution is 6.99. The van der Waals surface area contributed by atoms with Crippen molar-refractivity contribution in [1.82, 2.24) is 4.90 Å². The van der Waals surface area contributed by atoms with Gasteiger partial charge in [-0.25, -0.2) is 4.79 Å². The lowest BCUT2D eigenvalue weighted by Gasteiger charge is -2.43. The first-order chi connectivity index (χ1) is 23.5. The van der Waals surface area contributed by atoms with Gasteiger partial charge in [-0.3, -0.25) is 0 Å². The van der Waals surface area contributed by atoms with Crippen molar-refractivity contribution in [2.75, 3.05) is 19.7 Å². The number of unbranched alkanes of at least 4 members (excludes halogenated alkanes) is 2. The fraction of sp³-hybridized carbons (Fsp3) is 0.405. The molecule has 49 heavy (non-hydrogen) atoms. The number of benzene rings is 4. The highest BCUT2D eigenvalue weighted by Gasteiger charge is 2.50. The predicted octanol–water partition coefficient (Wildman–Crippen LogP) is 9.28. The molecule has 1 aliphatic heterocycles. The molecule has 1 fully saturated rings. The number of halogens is 1. The molecule has 4 aromatic rings. The van der Waals surface area contributed by atoms with Gasteiger partial charge in [0, 0.05) is 36.2 Å². The number of rotatable bonds is 13. The van der Waals surface area contributed by atoms with Gasteiger partial charge in [-0.2, -0.15) is 0 Å². The summed E-state index contributed by atoms with van der Waals surface area (Å²) in [6.45, 7) is 10.4. The van der Waals surface area contributed by atoms with Gasteiger partial charge in [0.25, 0.3) is 8.32 Å². The van der Waals surface area contributed by atoms with E-state index in [0.717, 1.165) is 48.8 Å². The SMILES string of the molecule is CCc1cccc(-c2c(Cl)cccc2C(O)(CCCCCO[Si](c2ccccc2)(c2ccccc2)C(C)(C)C)C2CCCN(C(=O)O)C2)c1. The zero-order valence-corrected chi connectivity index (χ0v) is 31.3. The predicted molar refractivity (Wildman–Crippen MR) is 205 cm³/mol. The van der Waals surface area contributed by atoms with Crippen LogP contribution in [0.5, 0.6) is 0 Å². The lowest BCUT2D eigenvalue weighted by atomic mass is 9.72. The van der Waals surface area contributed by atoms with E-state index < -0.39 is 20.0 Å². The first-order valence-electron chi connectivity index (χ1n) is 17.8. The van der Waals surface area contributed by atoms with E-state index >= 15 is 0 Å². The number of carbonyl (C=O) groups is 1. The maximum atomic E-state index is 12.9. The van der Waals surface area contributed by atoms with Gasteiger partial charge in [0.1, 0.15) is 0 Å². The lowest BCUT2D eigenvalue weighted by Crippen LogP contribution is -2.66. The second-order valence-corrected chi connectivity index (χ2v) is 19.2. The largest absolute Gasteiger partial charge is 0.465 e. The Morgan fingerprint density at radius 1 is 0.898 bits per heavy atom. The van der Waals surface area contributed by atoms with Crippen LogP contribution >= 0.6 is 11.6 Å². The molecule has 2 atom stereocenters. The molecule has 7 heteroatoms. The number of aliphatic hydroxyl groups is 1. The van der Waals surface area contributed by atoms with Crippen molar-refractivity contribution in [3.8, 4) is 11.1 Å². The molecule has 0 radical (unpaired) electrons. The van der Waals surface area contributed by atoms with E-state index in [1.807, 2.05) is 24.3 Å². The maximum absolute atomic E-state index is 12.9. The highest BCUT2D eigenvalue weighted by atomic mass is 35.5. The van der Waals surface area contributed by atoms with Gasteiger partial charge in [0.05, 0.1) is 5.60 Å². The third-order valence-corrected chi connectivity index (χ3v) is 15.8. The van der Waals surface area contributed by atoms with E-state index in [9.17, 15) is 15.0 Å². The number of amides is 1. The second kappa shape index (κ2) is 16.1. The molecule has 1 heterocycles. The Morgan fingerprint density at radius 2 is 1.55 bits per heavy atom. The van der Waals surface area contributed by atoms with Crippen molar-refractivity contribution >= 4 is 36.4 Å². The number of likely N-dealkylation sites (tertiary alicyclic amines) is 1. The van der Waals surface area contributed by atoms with Gasteiger partial charge in [-0.15, -0.1) is 0 Å². The van der Waals surface area contributed by atoms with Gasteiger partial charge in [-0.05, 0) is 70.3 Å². The zero-order chi connectivity index (χ0) is 35.1. The van der Waals surface area contributed by atoms with Crippen LogP contribution in [0, 0.1) is 5.92 Å². The molecule has 1 aliphatic rings. The molecule has 0 spiro atoms. The van der Waals surface area contributed by atoms with Crippen LogP contribution in [0.15, 0.2) is 103 Å². The van der Waals surface area contributed by atoms with Crippen LogP contribution in [-0.4, -0.2) is 49.2 Å². The van der Waals surface area contributed by atoms with Crippen LogP contribution in [0.3, 0.4) is 0 Å². The van der Waals surface area contributed by atoms with Gasteiger partial charge in [-0.1, -0.05) is 149 Å². The number of hydrogen-bond donors (Lipinski definition) is 2. The minimum Gasteiger partial charge on any atom is -0.465 e. The number of hydrogen-bond acceptors (Lipinski definition) is 3. The summed E-state index contributed by atoms with van der Waals surface area (Å²) in [5.74, 6) is -0.253. The van der Waals surface area contributed by atoms with Crippen LogP contribution in [-0.2, 0) is 16.4 Å². The van der Waals surface area contributed by atoms with Gasteiger partial charge in [0.15, 0.2) is 0 Å². The number of carboxylic acid groups (broad SMARTS) is 1. The van der Waals surface area contributed by atoms with E-state index in [2.05, 4.69) is 107 Å². The molecule has 1 saturated heterocycles. The molecule has 5 rings (SSSR count). The number of nitrogens with zero attached hydrogens (tertiary/aromatic N) is 1. The lowest BCUT2D eigenvalue weighted by molar-refractivity contribution is -0.0576. The summed E-state index contributed by atoms with van der Waals surface area (Å²) in [6.07, 6.45) is 4.42. The third-order valence-electron chi connectivity index (χ3n) is 10.4. The fourth-order valence-corrected chi connectivity index (χ4v) is 12.8. The molecular weight excluding hydrogens is 646 g/mol. The summed E-state index contributed by atoms with van der Waals surface area (Å²) in [5.41, 5.74) is 2.54. The number of piperidine rings is 1. The summed E-state index contributed by atoms with van der Waals surface area (Å²) in [4.78, 5) is 13.5. The minimum absolute atomic E-state index is 0.0922. The van der Waals surface area contributed by atoms with Crippen LogP contribution in [0.2, 0.25) is 10.1 Å². The Labute approximate surface area is 299 Å². The summed E-state index contributed by atoms with van der Waals surface area (Å²) >= 11 is 6.94. The van der Waals surface area contributed by atoms with E-state index in [1.165, 1.54) is 20.8 Å². The fourth-order valence-electron chi connectivity index (χ4n) is 7.88. The molecule has 5 nitrogen and oxygen atoms in total. The third kappa shape index (κ3) is 7.99. The molecule has 2 unspecified atom stereocenters. The molecule has 0 bridgehead atoms. The Bertz CT molecular complexity index is 1640. The van der Waals surface area contributed by atoms with Crippen molar-refractivity contribution in [3.05, 3.63) is 119 Å². The highest BCUT2D eigenvalue weighted by Crippen LogP contribution is 2.46. The van der Waals surface area contributed by atoms with Crippen molar-refractivity contribution in [1.29, 1.82) is 0 Å². The Kier molecular flexibility index (Phi) is 12.1. The van der Waals surface area contributed by atoms with Crippen molar-refractivity contribution in [2.45, 2.75) is 83.3 Å². The summed E-state index contributed by atoms with van der Waals surface area (Å²) in [5, 5.41) is 25.8. The van der Waals surface area contributed by atoms with Crippen molar-refractivity contribution in [3.63, 3.8) is 0 Å². The Morgan fingerprint density at radius 3 is 2.16 bits per heavy atom. The standard InChI is InChI=1S/C42H52ClNO4Si/c1-5-32-18-15-19-33(30-32)39-37(25-16-26-38(39)43)42(47,34-20-17-28-44(31-34)40(45)46)27-13-8-14-29-48-49(41(2,3)4,35-21-9-6-10-22-35)36-23-11-7-12-24-36/h6-7,9-12,15-16,18-19,21-26,30,34,47H,5,8,13-14,17,20,27-29,31H2,1-4H3,(H,45,46). The Balaban J connectivity index is 1.40. The average molecular weight is 698 g/mol. The first kappa shape index (κ1) is 36.8. The molecule has 0 saturated carbocycles. The van der Waals surface area contributed by atoms with Crippen LogP contribution in [0.25, 0.3) is 11.1 Å².